The summed E-state index contributed by atoms with van der Waals surface area (Å²) in [5.41, 5.74) is 3.34. The van der Waals surface area contributed by atoms with Crippen LogP contribution in [0.1, 0.15) is 40.6 Å². The molecular weight excluding hydrogens is 380 g/mol. The first-order valence-electron chi connectivity index (χ1n) is 10.0. The summed E-state index contributed by atoms with van der Waals surface area (Å²) in [6, 6.07) is 12.9. The first-order chi connectivity index (χ1) is 14.6. The molecule has 2 N–H and O–H groups in total. The van der Waals surface area contributed by atoms with Crippen molar-refractivity contribution < 1.29 is 9.53 Å². The van der Waals surface area contributed by atoms with Crippen LogP contribution in [0.15, 0.2) is 47.3 Å². The van der Waals surface area contributed by atoms with Crippen LogP contribution in [0.4, 0.5) is 0 Å². The first kappa shape index (κ1) is 18.4. The first-order valence-corrected chi connectivity index (χ1v) is 10.0. The minimum absolute atomic E-state index is 0.141. The van der Waals surface area contributed by atoms with Crippen LogP contribution < -0.4 is 15.6 Å². The quantitative estimate of drug-likeness (QED) is 0.551. The molecule has 5 rings (SSSR count). The molecule has 2 aromatic carbocycles. The molecule has 0 aliphatic heterocycles. The van der Waals surface area contributed by atoms with Crippen molar-refractivity contribution in [2.24, 2.45) is 7.05 Å². The number of amides is 1. The van der Waals surface area contributed by atoms with Crippen molar-refractivity contribution in [1.29, 1.82) is 0 Å². The Morgan fingerprint density at radius 2 is 2.00 bits per heavy atom. The zero-order valence-electron chi connectivity index (χ0n) is 16.9. The number of nitrogens with zero attached hydrogens (tertiary/aromatic N) is 2. The number of aromatic nitrogens is 3. The zero-order valence-corrected chi connectivity index (χ0v) is 16.9. The molecule has 1 aliphatic carbocycles. The summed E-state index contributed by atoms with van der Waals surface area (Å²) in [6.07, 6.45) is 2.77. The SMILES string of the molecule is COc1ccc2[nH]c3c(c2c1)CCCC3NC(=O)c1nn(C)c(=O)c2ccccc12. The largest absolute Gasteiger partial charge is 0.497 e. The number of hydrogen-bond acceptors (Lipinski definition) is 4. The topological polar surface area (TPSA) is 89.0 Å². The number of aryl methyl sites for hydroxylation is 2. The van der Waals surface area contributed by atoms with Crippen molar-refractivity contribution in [3.05, 3.63) is 69.8 Å². The van der Waals surface area contributed by atoms with Crippen molar-refractivity contribution in [3.63, 3.8) is 0 Å². The normalized spacial score (nSPS) is 15.9. The van der Waals surface area contributed by atoms with Gasteiger partial charge in [0.2, 0.25) is 0 Å². The Bertz CT molecular complexity index is 1350. The fourth-order valence-corrected chi connectivity index (χ4v) is 4.41. The smallest absolute Gasteiger partial charge is 0.274 e. The summed E-state index contributed by atoms with van der Waals surface area (Å²) in [5, 5.41) is 9.58. The summed E-state index contributed by atoms with van der Waals surface area (Å²) < 4.78 is 6.59. The van der Waals surface area contributed by atoms with Gasteiger partial charge in [-0.05, 0) is 49.1 Å². The van der Waals surface area contributed by atoms with E-state index in [1.54, 1.807) is 32.4 Å². The molecule has 0 spiro atoms. The molecule has 30 heavy (non-hydrogen) atoms. The minimum Gasteiger partial charge on any atom is -0.497 e. The predicted molar refractivity (Wildman–Crippen MR) is 115 cm³/mol. The standard InChI is InChI=1S/C23H22N4O3/c1-27-23(29)16-7-4-3-6-14(16)21(26-27)22(28)25-19-9-5-8-15-17-12-13(30-2)10-11-18(17)24-20(15)19/h3-4,6-7,10-12,19,24H,5,8-9H2,1-2H3,(H,25,28). The van der Waals surface area contributed by atoms with E-state index < -0.39 is 0 Å². The molecule has 1 aliphatic rings. The number of benzene rings is 2. The highest BCUT2D eigenvalue weighted by Gasteiger charge is 2.27. The molecule has 2 heterocycles. The maximum Gasteiger partial charge on any atom is 0.274 e. The highest BCUT2D eigenvalue weighted by atomic mass is 16.5. The van der Waals surface area contributed by atoms with E-state index >= 15 is 0 Å². The summed E-state index contributed by atoms with van der Waals surface area (Å²) in [7, 11) is 3.23. The average Bonchev–Trinajstić information content (AvgIpc) is 3.15. The maximum atomic E-state index is 13.2. The molecule has 0 bridgehead atoms. The summed E-state index contributed by atoms with van der Waals surface area (Å²) in [6.45, 7) is 0. The molecule has 2 aromatic heterocycles. The van der Waals surface area contributed by atoms with E-state index in [4.69, 9.17) is 4.74 Å². The molecule has 7 heteroatoms. The van der Waals surface area contributed by atoms with Gasteiger partial charge in [-0.3, -0.25) is 9.59 Å². The molecule has 4 aromatic rings. The highest BCUT2D eigenvalue weighted by molar-refractivity contribution is 6.05. The second-order valence-electron chi connectivity index (χ2n) is 7.67. The number of carbonyl (C=O) groups is 1. The van der Waals surface area contributed by atoms with Crippen LogP contribution in [-0.4, -0.2) is 27.8 Å². The van der Waals surface area contributed by atoms with Crippen molar-refractivity contribution in [1.82, 2.24) is 20.1 Å². The second-order valence-corrected chi connectivity index (χ2v) is 7.67. The van der Waals surface area contributed by atoms with Gasteiger partial charge < -0.3 is 15.0 Å². The Balaban J connectivity index is 1.54. The van der Waals surface area contributed by atoms with E-state index in [9.17, 15) is 9.59 Å². The van der Waals surface area contributed by atoms with Gasteiger partial charge in [0, 0.05) is 29.0 Å². The third-order valence-electron chi connectivity index (χ3n) is 5.89. The van der Waals surface area contributed by atoms with E-state index in [-0.39, 0.29) is 23.2 Å². The van der Waals surface area contributed by atoms with Gasteiger partial charge in [-0.1, -0.05) is 18.2 Å². The van der Waals surface area contributed by atoms with Crippen LogP contribution in [0, 0.1) is 0 Å². The van der Waals surface area contributed by atoms with E-state index in [1.807, 2.05) is 24.3 Å². The molecule has 7 nitrogen and oxygen atoms in total. The lowest BCUT2D eigenvalue weighted by molar-refractivity contribution is 0.0926. The van der Waals surface area contributed by atoms with Crippen LogP contribution in [0.3, 0.4) is 0 Å². The number of hydrogen-bond donors (Lipinski definition) is 2. The van der Waals surface area contributed by atoms with Crippen molar-refractivity contribution in [2.75, 3.05) is 7.11 Å². The fourth-order valence-electron chi connectivity index (χ4n) is 4.41. The Hall–Kier alpha value is -3.61. The third-order valence-corrected chi connectivity index (χ3v) is 5.89. The molecule has 152 valence electrons. The van der Waals surface area contributed by atoms with Crippen LogP contribution in [-0.2, 0) is 13.5 Å². The van der Waals surface area contributed by atoms with Crippen molar-refractivity contribution >= 4 is 27.6 Å². The molecule has 0 radical (unpaired) electrons. The third kappa shape index (κ3) is 2.85. The molecule has 0 saturated carbocycles. The number of fused-ring (bicyclic) bond motifs is 4. The summed E-state index contributed by atoms with van der Waals surface area (Å²) in [5.74, 6) is 0.534. The monoisotopic (exact) mass is 402 g/mol. The number of aromatic amines is 1. The van der Waals surface area contributed by atoms with Gasteiger partial charge in [0.15, 0.2) is 5.69 Å². The number of ether oxygens (including phenoxy) is 1. The molecule has 1 unspecified atom stereocenters. The Morgan fingerprint density at radius 3 is 2.80 bits per heavy atom. The van der Waals surface area contributed by atoms with E-state index in [2.05, 4.69) is 15.4 Å². The molecule has 0 fully saturated rings. The lowest BCUT2D eigenvalue weighted by Crippen LogP contribution is -2.33. The van der Waals surface area contributed by atoms with Gasteiger partial charge >= 0.3 is 0 Å². The Kier molecular flexibility index (Phi) is 4.31. The highest BCUT2D eigenvalue weighted by Crippen LogP contribution is 2.36. The van der Waals surface area contributed by atoms with Gasteiger partial charge in [0.05, 0.1) is 18.5 Å². The van der Waals surface area contributed by atoms with Crippen LogP contribution in [0.2, 0.25) is 0 Å². The lowest BCUT2D eigenvalue weighted by Gasteiger charge is -2.24. The molecule has 1 atom stereocenters. The van der Waals surface area contributed by atoms with E-state index in [1.165, 1.54) is 10.2 Å². The van der Waals surface area contributed by atoms with Crippen molar-refractivity contribution in [2.45, 2.75) is 25.3 Å². The maximum absolute atomic E-state index is 13.2. The van der Waals surface area contributed by atoms with E-state index in [0.29, 0.717) is 10.8 Å². The van der Waals surface area contributed by atoms with E-state index in [0.717, 1.165) is 41.6 Å². The number of nitrogens with one attached hydrogen (secondary N) is 2. The Morgan fingerprint density at radius 1 is 1.20 bits per heavy atom. The van der Waals surface area contributed by atoms with Gasteiger partial charge in [0.1, 0.15) is 5.75 Å². The zero-order chi connectivity index (χ0) is 20.8. The molecule has 1 amide bonds. The van der Waals surface area contributed by atoms with Crippen LogP contribution in [0.5, 0.6) is 5.75 Å². The summed E-state index contributed by atoms with van der Waals surface area (Å²) >= 11 is 0. The van der Waals surface area contributed by atoms with Gasteiger partial charge in [-0.25, -0.2) is 4.68 Å². The summed E-state index contributed by atoms with van der Waals surface area (Å²) in [4.78, 5) is 29.0. The van der Waals surface area contributed by atoms with Crippen LogP contribution >= 0.6 is 0 Å². The van der Waals surface area contributed by atoms with Gasteiger partial charge in [-0.2, -0.15) is 5.10 Å². The molecule has 0 saturated heterocycles. The number of H-pyrrole nitrogens is 1. The van der Waals surface area contributed by atoms with Gasteiger partial charge in [0.25, 0.3) is 11.5 Å². The van der Waals surface area contributed by atoms with Gasteiger partial charge in [-0.15, -0.1) is 0 Å². The van der Waals surface area contributed by atoms with Crippen molar-refractivity contribution in [3.8, 4) is 5.75 Å². The number of methoxy groups -OCH3 is 1. The average molecular weight is 402 g/mol. The fraction of sp³-hybridized carbons (Fsp3) is 0.261. The van der Waals surface area contributed by atoms with Crippen LogP contribution in [0.25, 0.3) is 21.7 Å². The Labute approximate surface area is 172 Å². The number of rotatable bonds is 3. The minimum atomic E-state index is -0.282. The molecular formula is C23H22N4O3. The lowest BCUT2D eigenvalue weighted by atomic mass is 9.91. The number of carbonyl (C=O) groups excluding carboxylic acids is 1. The predicted octanol–water partition coefficient (Wildman–Crippen LogP) is 3.23. The second kappa shape index (κ2) is 7.02.